The van der Waals surface area contributed by atoms with Crippen LogP contribution in [0.3, 0.4) is 0 Å². The Morgan fingerprint density at radius 1 is 1.06 bits per heavy atom. The first kappa shape index (κ1) is 27.3. The van der Waals surface area contributed by atoms with Gasteiger partial charge in [0.15, 0.2) is 0 Å². The monoisotopic (exact) mass is 498 g/mol. The lowest BCUT2D eigenvalue weighted by molar-refractivity contribution is -0.145. The molecule has 1 heterocycles. The molecule has 9 nitrogen and oxygen atoms in total. The minimum absolute atomic E-state index is 0.0398. The number of hydrogen-bond acceptors (Lipinski definition) is 6. The van der Waals surface area contributed by atoms with Crippen LogP contribution in [-0.4, -0.2) is 67.0 Å². The van der Waals surface area contributed by atoms with Crippen molar-refractivity contribution in [1.82, 2.24) is 20.7 Å². The van der Waals surface area contributed by atoms with Gasteiger partial charge in [-0.05, 0) is 47.9 Å². The summed E-state index contributed by atoms with van der Waals surface area (Å²) in [6.07, 6.45) is 0. The Balaban J connectivity index is 1.61. The summed E-state index contributed by atoms with van der Waals surface area (Å²) < 4.78 is 13.5. The Bertz CT molecular complexity index is 1120. The SMILES string of the molecule is Cc1ccc(C(N)=O)cc1N(CCNC(C)C)C(=O)CNCC(=O)N(C)N1Cc2ccc(F)cc2C1. The third kappa shape index (κ3) is 6.87. The topological polar surface area (TPSA) is 111 Å². The van der Waals surface area contributed by atoms with Crippen molar-refractivity contribution in [1.29, 1.82) is 0 Å². The molecule has 2 aromatic carbocycles. The van der Waals surface area contributed by atoms with E-state index in [2.05, 4.69) is 10.6 Å². The second-order valence-electron chi connectivity index (χ2n) is 9.28. The maximum atomic E-state index is 13.5. The average Bonchev–Trinajstić information content (AvgIpc) is 3.24. The summed E-state index contributed by atoms with van der Waals surface area (Å²) in [4.78, 5) is 39.2. The van der Waals surface area contributed by atoms with Gasteiger partial charge in [0.05, 0.1) is 13.1 Å². The fourth-order valence-corrected chi connectivity index (χ4v) is 4.10. The molecule has 0 fully saturated rings. The highest BCUT2D eigenvalue weighted by Gasteiger charge is 2.26. The molecule has 36 heavy (non-hydrogen) atoms. The smallest absolute Gasteiger partial charge is 0.250 e. The number of benzene rings is 2. The van der Waals surface area contributed by atoms with E-state index in [4.69, 9.17) is 5.73 Å². The number of nitrogens with zero attached hydrogens (tertiary/aromatic N) is 3. The van der Waals surface area contributed by atoms with E-state index in [-0.39, 0.29) is 36.8 Å². The van der Waals surface area contributed by atoms with Gasteiger partial charge in [0.1, 0.15) is 5.82 Å². The number of aryl methyl sites for hydroxylation is 1. The summed E-state index contributed by atoms with van der Waals surface area (Å²) in [5.41, 5.74) is 9.05. The molecule has 0 atom stereocenters. The van der Waals surface area contributed by atoms with Crippen LogP contribution in [0.2, 0.25) is 0 Å². The number of carbonyl (C=O) groups excluding carboxylic acids is 3. The highest BCUT2D eigenvalue weighted by atomic mass is 19.1. The molecule has 0 radical (unpaired) electrons. The number of rotatable bonds is 11. The first-order valence-corrected chi connectivity index (χ1v) is 12.0. The molecule has 4 N–H and O–H groups in total. The van der Waals surface area contributed by atoms with Crippen LogP contribution >= 0.6 is 0 Å². The summed E-state index contributed by atoms with van der Waals surface area (Å²) in [5, 5.41) is 9.57. The molecule has 0 spiro atoms. The summed E-state index contributed by atoms with van der Waals surface area (Å²) in [6, 6.07) is 9.91. The zero-order chi connectivity index (χ0) is 26.4. The number of hydrazine groups is 1. The van der Waals surface area contributed by atoms with E-state index in [0.29, 0.717) is 37.4 Å². The van der Waals surface area contributed by atoms with Crippen molar-refractivity contribution in [3.63, 3.8) is 0 Å². The maximum absolute atomic E-state index is 13.5. The highest BCUT2D eigenvalue weighted by molar-refractivity contribution is 5.99. The number of anilines is 1. The van der Waals surface area contributed by atoms with E-state index < -0.39 is 5.91 Å². The summed E-state index contributed by atoms with van der Waals surface area (Å²) >= 11 is 0. The van der Waals surface area contributed by atoms with Gasteiger partial charge < -0.3 is 16.0 Å². The maximum Gasteiger partial charge on any atom is 0.250 e. The lowest BCUT2D eigenvalue weighted by Crippen LogP contribution is -2.47. The molecular weight excluding hydrogens is 463 g/mol. The average molecular weight is 499 g/mol. The van der Waals surface area contributed by atoms with E-state index in [1.165, 1.54) is 17.1 Å². The number of primary amides is 1. The summed E-state index contributed by atoms with van der Waals surface area (Å²) in [6.45, 7) is 7.70. The summed E-state index contributed by atoms with van der Waals surface area (Å²) in [5.74, 6) is -1.31. The van der Waals surface area contributed by atoms with E-state index in [0.717, 1.165) is 16.7 Å². The molecule has 0 aromatic heterocycles. The van der Waals surface area contributed by atoms with Gasteiger partial charge in [0.25, 0.3) is 5.91 Å². The lowest BCUT2D eigenvalue weighted by Gasteiger charge is -2.28. The fraction of sp³-hybridized carbons (Fsp3) is 0.423. The van der Waals surface area contributed by atoms with Gasteiger partial charge in [-0.3, -0.25) is 24.7 Å². The quantitative estimate of drug-likeness (QED) is 0.434. The number of carbonyl (C=O) groups is 3. The molecule has 1 aliphatic rings. The molecule has 2 aromatic rings. The van der Waals surface area contributed by atoms with Crippen LogP contribution in [0.25, 0.3) is 0 Å². The predicted molar refractivity (Wildman–Crippen MR) is 136 cm³/mol. The van der Waals surface area contributed by atoms with Crippen LogP contribution in [0.15, 0.2) is 36.4 Å². The Kier molecular flexibility index (Phi) is 9.14. The van der Waals surface area contributed by atoms with Crippen molar-refractivity contribution in [2.45, 2.75) is 39.9 Å². The van der Waals surface area contributed by atoms with Crippen molar-refractivity contribution in [2.24, 2.45) is 5.73 Å². The van der Waals surface area contributed by atoms with Crippen LogP contribution in [0.4, 0.5) is 10.1 Å². The fourth-order valence-electron chi connectivity index (χ4n) is 4.10. The predicted octanol–water partition coefficient (Wildman–Crippen LogP) is 1.54. The molecule has 3 amide bonds. The minimum Gasteiger partial charge on any atom is -0.366 e. The Morgan fingerprint density at radius 3 is 2.44 bits per heavy atom. The van der Waals surface area contributed by atoms with Gasteiger partial charge in [-0.25, -0.2) is 9.40 Å². The number of hydrogen-bond donors (Lipinski definition) is 3. The van der Waals surface area contributed by atoms with E-state index in [9.17, 15) is 18.8 Å². The molecule has 0 saturated carbocycles. The molecule has 194 valence electrons. The van der Waals surface area contributed by atoms with Gasteiger partial charge in [0, 0.05) is 50.5 Å². The normalized spacial score (nSPS) is 13.1. The van der Waals surface area contributed by atoms with Crippen molar-refractivity contribution >= 4 is 23.4 Å². The summed E-state index contributed by atoms with van der Waals surface area (Å²) in [7, 11) is 1.66. The standard InChI is InChI=1S/C26H35FN6O3/c1-17(2)30-9-10-33(23-12-19(26(28)36)6-5-18(23)3)25(35)14-29-13-24(34)31(4)32-15-20-7-8-22(27)11-21(20)16-32/h5-8,11-12,17,29-30H,9-10,13-16H2,1-4H3,(H2,28,36). The highest BCUT2D eigenvalue weighted by Crippen LogP contribution is 2.24. The Morgan fingerprint density at radius 2 is 1.75 bits per heavy atom. The van der Waals surface area contributed by atoms with Crippen molar-refractivity contribution in [3.8, 4) is 0 Å². The first-order valence-electron chi connectivity index (χ1n) is 12.0. The molecule has 0 bridgehead atoms. The van der Waals surface area contributed by atoms with Gasteiger partial charge >= 0.3 is 0 Å². The van der Waals surface area contributed by atoms with Crippen molar-refractivity contribution < 1.29 is 18.8 Å². The van der Waals surface area contributed by atoms with Crippen molar-refractivity contribution in [2.75, 3.05) is 38.1 Å². The lowest BCUT2D eigenvalue weighted by atomic mass is 10.1. The Hall–Kier alpha value is -3.34. The van der Waals surface area contributed by atoms with Gasteiger partial charge in [-0.1, -0.05) is 26.0 Å². The molecule has 0 aliphatic carbocycles. The van der Waals surface area contributed by atoms with Crippen molar-refractivity contribution in [3.05, 3.63) is 64.5 Å². The van der Waals surface area contributed by atoms with Gasteiger partial charge in [0.2, 0.25) is 11.8 Å². The third-order valence-corrected chi connectivity index (χ3v) is 6.19. The second-order valence-corrected chi connectivity index (χ2v) is 9.28. The number of fused-ring (bicyclic) bond motifs is 1. The van der Waals surface area contributed by atoms with Crippen LogP contribution in [0.5, 0.6) is 0 Å². The van der Waals surface area contributed by atoms with E-state index >= 15 is 0 Å². The van der Waals surface area contributed by atoms with Gasteiger partial charge in [-0.15, -0.1) is 0 Å². The first-order chi connectivity index (χ1) is 17.1. The molecule has 1 aliphatic heterocycles. The minimum atomic E-state index is -0.567. The van der Waals surface area contributed by atoms with Crippen LogP contribution < -0.4 is 21.3 Å². The third-order valence-electron chi connectivity index (χ3n) is 6.19. The van der Waals surface area contributed by atoms with Crippen LogP contribution in [0.1, 0.15) is 40.9 Å². The molecule has 10 heteroatoms. The number of halogens is 1. The van der Waals surface area contributed by atoms with E-state index in [1.807, 2.05) is 25.8 Å². The molecular formula is C26H35FN6O3. The largest absolute Gasteiger partial charge is 0.366 e. The number of nitrogens with one attached hydrogen (secondary N) is 2. The molecule has 0 unspecified atom stereocenters. The second kappa shape index (κ2) is 12.1. The number of nitrogens with two attached hydrogens (primary N) is 1. The zero-order valence-electron chi connectivity index (χ0n) is 21.3. The molecule has 0 saturated heterocycles. The number of amides is 3. The van der Waals surface area contributed by atoms with Crippen LogP contribution in [-0.2, 0) is 22.7 Å². The van der Waals surface area contributed by atoms with Gasteiger partial charge in [-0.2, -0.15) is 0 Å². The van der Waals surface area contributed by atoms with E-state index in [1.54, 1.807) is 36.2 Å². The Labute approximate surface area is 211 Å². The zero-order valence-corrected chi connectivity index (χ0v) is 21.3. The molecule has 3 rings (SSSR count). The number of likely N-dealkylation sites (N-methyl/N-ethyl adjacent to an activating group) is 1. The van der Waals surface area contributed by atoms with Crippen LogP contribution in [0, 0.1) is 12.7 Å².